The summed E-state index contributed by atoms with van der Waals surface area (Å²) < 4.78 is 0. The van der Waals surface area contributed by atoms with Crippen molar-refractivity contribution in [3.63, 3.8) is 0 Å². The molecule has 1 heterocycles. The van der Waals surface area contributed by atoms with Gasteiger partial charge in [-0.2, -0.15) is 0 Å². The van der Waals surface area contributed by atoms with Gasteiger partial charge in [0.2, 0.25) is 0 Å². The second-order valence-electron chi connectivity index (χ2n) is 3.11. The molecule has 0 radical (unpaired) electrons. The first kappa shape index (κ1) is 9.90. The molecule has 0 amide bonds. The highest BCUT2D eigenvalue weighted by atomic mass is 35.5. The fourth-order valence-corrected chi connectivity index (χ4v) is 1.74. The molecule has 2 rings (SSSR count). The summed E-state index contributed by atoms with van der Waals surface area (Å²) in [6.45, 7) is 1.56. The van der Waals surface area contributed by atoms with Crippen LogP contribution in [-0.2, 0) is 4.84 Å². The molecule has 0 unspecified atom stereocenters. The molecule has 0 aliphatic carbocycles. The Labute approximate surface area is 92.3 Å². The van der Waals surface area contributed by atoms with E-state index in [1.54, 1.807) is 17.2 Å². The van der Waals surface area contributed by atoms with Crippen LogP contribution in [0.3, 0.4) is 0 Å². The molecule has 5 heteroatoms. The van der Waals surface area contributed by atoms with E-state index in [4.69, 9.17) is 33.8 Å². The molecule has 1 fully saturated rings. The largest absolute Gasteiger partial charge is 0.397 e. The minimum Gasteiger partial charge on any atom is -0.397 e. The van der Waals surface area contributed by atoms with Crippen molar-refractivity contribution in [2.24, 2.45) is 0 Å². The number of nitrogen functional groups attached to an aromatic ring is 1. The Morgan fingerprint density at radius 3 is 2.64 bits per heavy atom. The van der Waals surface area contributed by atoms with Gasteiger partial charge in [0.25, 0.3) is 0 Å². The molecule has 14 heavy (non-hydrogen) atoms. The standard InChI is InChI=1S/C9H10Cl2N2O/c10-6-4-8(12)9(5-7(6)11)13-2-1-3-14-13/h4-5H,1-3,12H2. The highest BCUT2D eigenvalue weighted by molar-refractivity contribution is 6.42. The van der Waals surface area contributed by atoms with Gasteiger partial charge in [0, 0.05) is 6.54 Å². The van der Waals surface area contributed by atoms with Crippen molar-refractivity contribution in [1.82, 2.24) is 0 Å². The Morgan fingerprint density at radius 1 is 1.29 bits per heavy atom. The molecular formula is C9H10Cl2N2O. The third-order valence-corrected chi connectivity index (χ3v) is 2.81. The third-order valence-electron chi connectivity index (χ3n) is 2.09. The highest BCUT2D eigenvalue weighted by Gasteiger charge is 2.17. The van der Waals surface area contributed by atoms with Gasteiger partial charge in [0.05, 0.1) is 28.0 Å². The molecule has 1 aromatic rings. The molecule has 0 atom stereocenters. The van der Waals surface area contributed by atoms with Gasteiger partial charge in [0.15, 0.2) is 0 Å². The van der Waals surface area contributed by atoms with Crippen molar-refractivity contribution in [3.8, 4) is 0 Å². The normalized spacial score (nSPS) is 16.3. The van der Waals surface area contributed by atoms with E-state index < -0.39 is 0 Å². The number of hydrogen-bond acceptors (Lipinski definition) is 3. The van der Waals surface area contributed by atoms with Crippen molar-refractivity contribution in [2.75, 3.05) is 23.9 Å². The first-order valence-corrected chi connectivity index (χ1v) is 5.09. The summed E-state index contributed by atoms with van der Waals surface area (Å²) in [5, 5.41) is 2.70. The summed E-state index contributed by atoms with van der Waals surface area (Å²) in [4.78, 5) is 5.37. The maximum atomic E-state index is 5.89. The number of anilines is 2. The summed E-state index contributed by atoms with van der Waals surface area (Å²) in [6, 6.07) is 3.37. The van der Waals surface area contributed by atoms with E-state index in [1.165, 1.54) is 0 Å². The number of rotatable bonds is 1. The van der Waals surface area contributed by atoms with E-state index in [-0.39, 0.29) is 0 Å². The molecule has 3 nitrogen and oxygen atoms in total. The van der Waals surface area contributed by atoms with Crippen LogP contribution in [0.2, 0.25) is 10.0 Å². The van der Waals surface area contributed by atoms with Crippen molar-refractivity contribution in [3.05, 3.63) is 22.2 Å². The number of hydrogen-bond donors (Lipinski definition) is 1. The van der Waals surface area contributed by atoms with E-state index in [0.29, 0.717) is 15.7 Å². The van der Waals surface area contributed by atoms with E-state index in [0.717, 1.165) is 25.3 Å². The lowest BCUT2D eigenvalue weighted by Gasteiger charge is -2.18. The summed E-state index contributed by atoms with van der Waals surface area (Å²) in [7, 11) is 0. The van der Waals surface area contributed by atoms with E-state index >= 15 is 0 Å². The second kappa shape index (κ2) is 3.85. The number of nitrogens with two attached hydrogens (primary N) is 1. The molecule has 0 bridgehead atoms. The quantitative estimate of drug-likeness (QED) is 0.758. The fourth-order valence-electron chi connectivity index (χ4n) is 1.41. The van der Waals surface area contributed by atoms with E-state index in [2.05, 4.69) is 0 Å². The predicted octanol–water partition coefficient (Wildman–Crippen LogP) is 2.72. The van der Waals surface area contributed by atoms with Gasteiger partial charge in [-0.25, -0.2) is 0 Å². The minimum atomic E-state index is 0.465. The molecule has 2 N–H and O–H groups in total. The lowest BCUT2D eigenvalue weighted by Crippen LogP contribution is -2.17. The summed E-state index contributed by atoms with van der Waals surface area (Å²) in [6.07, 6.45) is 1.000. The van der Waals surface area contributed by atoms with Crippen LogP contribution in [0.1, 0.15) is 6.42 Å². The molecule has 1 saturated heterocycles. The Balaban J connectivity index is 2.37. The number of benzene rings is 1. The summed E-state index contributed by atoms with van der Waals surface area (Å²) in [5.74, 6) is 0. The van der Waals surface area contributed by atoms with Gasteiger partial charge in [-0.3, -0.25) is 9.90 Å². The van der Waals surface area contributed by atoms with Gasteiger partial charge in [0.1, 0.15) is 0 Å². The topological polar surface area (TPSA) is 38.5 Å². The van der Waals surface area contributed by atoms with Crippen LogP contribution in [0, 0.1) is 0 Å². The van der Waals surface area contributed by atoms with Crippen LogP contribution in [-0.4, -0.2) is 13.2 Å². The first-order chi connectivity index (χ1) is 6.68. The third kappa shape index (κ3) is 1.75. The highest BCUT2D eigenvalue weighted by Crippen LogP contribution is 2.34. The van der Waals surface area contributed by atoms with E-state index in [9.17, 15) is 0 Å². The Hall–Kier alpha value is -0.640. The SMILES string of the molecule is Nc1cc(Cl)c(Cl)cc1N1CCCO1. The Bertz CT molecular complexity index is 351. The number of halogens is 2. The number of hydroxylamine groups is 1. The molecule has 0 spiro atoms. The predicted molar refractivity (Wildman–Crippen MR) is 58.8 cm³/mol. The van der Waals surface area contributed by atoms with Crippen molar-refractivity contribution in [2.45, 2.75) is 6.42 Å². The molecule has 76 valence electrons. The lowest BCUT2D eigenvalue weighted by molar-refractivity contribution is 0.168. The summed E-state index contributed by atoms with van der Waals surface area (Å²) >= 11 is 11.7. The molecule has 1 aliphatic rings. The van der Waals surface area contributed by atoms with Gasteiger partial charge in [-0.15, -0.1) is 0 Å². The van der Waals surface area contributed by atoms with Crippen LogP contribution in [0.5, 0.6) is 0 Å². The molecule has 0 saturated carbocycles. The minimum absolute atomic E-state index is 0.465. The van der Waals surface area contributed by atoms with Crippen molar-refractivity contribution < 1.29 is 4.84 Å². The van der Waals surface area contributed by atoms with Crippen LogP contribution >= 0.6 is 23.2 Å². The molecular weight excluding hydrogens is 223 g/mol. The monoisotopic (exact) mass is 232 g/mol. The van der Waals surface area contributed by atoms with Crippen molar-refractivity contribution >= 4 is 34.6 Å². The van der Waals surface area contributed by atoms with Crippen molar-refractivity contribution in [1.29, 1.82) is 0 Å². The van der Waals surface area contributed by atoms with Crippen LogP contribution in [0.25, 0.3) is 0 Å². The lowest BCUT2D eigenvalue weighted by atomic mass is 10.2. The van der Waals surface area contributed by atoms with Gasteiger partial charge < -0.3 is 5.73 Å². The zero-order valence-corrected chi connectivity index (χ0v) is 8.98. The zero-order valence-electron chi connectivity index (χ0n) is 7.46. The van der Waals surface area contributed by atoms with Gasteiger partial charge >= 0.3 is 0 Å². The van der Waals surface area contributed by atoms with Crippen LogP contribution in [0.4, 0.5) is 11.4 Å². The first-order valence-electron chi connectivity index (χ1n) is 4.33. The van der Waals surface area contributed by atoms with Gasteiger partial charge in [-0.1, -0.05) is 23.2 Å². The maximum absolute atomic E-state index is 5.89. The second-order valence-corrected chi connectivity index (χ2v) is 3.93. The Morgan fingerprint density at radius 2 is 2.00 bits per heavy atom. The molecule has 0 aromatic heterocycles. The smallest absolute Gasteiger partial charge is 0.0881 e. The Kier molecular flexibility index (Phi) is 2.72. The average Bonchev–Trinajstić information content (AvgIpc) is 2.64. The maximum Gasteiger partial charge on any atom is 0.0881 e. The summed E-state index contributed by atoms with van der Waals surface area (Å²) in [5.41, 5.74) is 7.18. The number of nitrogens with zero attached hydrogens (tertiary/aromatic N) is 1. The van der Waals surface area contributed by atoms with Gasteiger partial charge in [-0.05, 0) is 18.6 Å². The fraction of sp³-hybridized carbons (Fsp3) is 0.333. The van der Waals surface area contributed by atoms with Crippen LogP contribution < -0.4 is 10.8 Å². The molecule has 1 aromatic carbocycles. The van der Waals surface area contributed by atoms with Crippen LogP contribution in [0.15, 0.2) is 12.1 Å². The average molecular weight is 233 g/mol. The zero-order chi connectivity index (χ0) is 10.1. The molecule has 1 aliphatic heterocycles. The van der Waals surface area contributed by atoms with E-state index in [1.807, 2.05) is 0 Å².